The molecule has 0 aliphatic carbocycles. The number of hydrogen-bond donors (Lipinski definition) is 1. The van der Waals surface area contributed by atoms with Crippen LogP contribution in [0.3, 0.4) is 0 Å². The topological polar surface area (TPSA) is 79.2 Å². The number of nitrogens with one attached hydrogen (secondary N) is 1. The summed E-state index contributed by atoms with van der Waals surface area (Å²) in [5.74, 6) is -0.150. The Kier molecular flexibility index (Phi) is 5.79. The van der Waals surface area contributed by atoms with Crippen molar-refractivity contribution in [2.24, 2.45) is 0 Å². The zero-order valence-corrected chi connectivity index (χ0v) is 13.1. The second kappa shape index (κ2) is 6.89. The predicted octanol–water partition coefficient (Wildman–Crippen LogP) is 2.49. The minimum atomic E-state index is -3.53. The number of anilines is 1. The Balaban J connectivity index is 2.78. The van der Waals surface area contributed by atoms with Crippen molar-refractivity contribution in [1.82, 2.24) is 0 Å². The molecule has 0 saturated carbocycles. The van der Waals surface area contributed by atoms with Gasteiger partial charge in [-0.3, -0.25) is 4.72 Å². The lowest BCUT2D eigenvalue weighted by Gasteiger charge is -2.11. The summed E-state index contributed by atoms with van der Waals surface area (Å²) in [6.45, 7) is 3.78. The largest absolute Gasteiger partial charge is 0.378 e. The molecule has 104 valence electrons. The maximum Gasteiger partial charge on any atom is 0.235 e. The average molecular weight is 347 g/mol. The van der Waals surface area contributed by atoms with E-state index in [2.05, 4.69) is 20.7 Å². The van der Waals surface area contributed by atoms with Crippen molar-refractivity contribution in [3.63, 3.8) is 0 Å². The molecule has 0 heterocycles. The molecule has 1 aromatic rings. The van der Waals surface area contributed by atoms with Crippen LogP contribution < -0.4 is 4.72 Å². The number of sulfonamides is 1. The van der Waals surface area contributed by atoms with Crippen molar-refractivity contribution >= 4 is 31.6 Å². The highest BCUT2D eigenvalue weighted by atomic mass is 79.9. The first kappa shape index (κ1) is 16.0. The van der Waals surface area contributed by atoms with E-state index in [1.165, 1.54) is 0 Å². The molecule has 0 bridgehead atoms. The van der Waals surface area contributed by atoms with Gasteiger partial charge in [0.25, 0.3) is 0 Å². The molecule has 0 atom stereocenters. The maximum atomic E-state index is 11.8. The molecule has 1 aromatic carbocycles. The van der Waals surface area contributed by atoms with E-state index in [1.54, 1.807) is 18.2 Å². The van der Waals surface area contributed by atoms with E-state index in [-0.39, 0.29) is 29.7 Å². The van der Waals surface area contributed by atoms with Gasteiger partial charge in [0, 0.05) is 4.47 Å². The molecule has 0 saturated heterocycles. The first-order chi connectivity index (χ1) is 8.84. The van der Waals surface area contributed by atoms with Gasteiger partial charge in [0.2, 0.25) is 10.0 Å². The van der Waals surface area contributed by atoms with E-state index in [1.807, 2.05) is 19.9 Å². The fourth-order valence-electron chi connectivity index (χ4n) is 1.31. The summed E-state index contributed by atoms with van der Waals surface area (Å²) < 4.78 is 32.0. The molecule has 1 N–H and O–H groups in total. The van der Waals surface area contributed by atoms with Gasteiger partial charge < -0.3 is 4.74 Å². The number of nitriles is 1. The fourth-order valence-corrected chi connectivity index (χ4v) is 2.59. The van der Waals surface area contributed by atoms with Crippen molar-refractivity contribution in [2.45, 2.75) is 20.0 Å². The van der Waals surface area contributed by atoms with Gasteiger partial charge in [-0.15, -0.1) is 0 Å². The zero-order chi connectivity index (χ0) is 14.5. The lowest BCUT2D eigenvalue weighted by molar-refractivity contribution is 0.0913. The highest BCUT2D eigenvalue weighted by molar-refractivity contribution is 9.10. The van der Waals surface area contributed by atoms with Crippen LogP contribution in [0.5, 0.6) is 0 Å². The minimum Gasteiger partial charge on any atom is -0.378 e. The van der Waals surface area contributed by atoms with Gasteiger partial charge in [-0.2, -0.15) is 5.26 Å². The number of nitrogens with zero attached hydrogens (tertiary/aromatic N) is 1. The quantitative estimate of drug-likeness (QED) is 0.857. The summed E-state index contributed by atoms with van der Waals surface area (Å²) >= 11 is 3.24. The number of benzene rings is 1. The smallest absolute Gasteiger partial charge is 0.235 e. The van der Waals surface area contributed by atoms with Crippen molar-refractivity contribution < 1.29 is 13.2 Å². The van der Waals surface area contributed by atoms with Gasteiger partial charge in [-0.05, 0) is 32.0 Å². The molecule has 0 fully saturated rings. The van der Waals surface area contributed by atoms with Crippen LogP contribution in [0, 0.1) is 11.3 Å². The third-order valence-electron chi connectivity index (χ3n) is 2.17. The van der Waals surface area contributed by atoms with Gasteiger partial charge >= 0.3 is 0 Å². The highest BCUT2D eigenvalue weighted by Crippen LogP contribution is 2.21. The van der Waals surface area contributed by atoms with Crippen LogP contribution in [0.2, 0.25) is 0 Å². The van der Waals surface area contributed by atoms with Crippen LogP contribution in [0.25, 0.3) is 0 Å². The monoisotopic (exact) mass is 346 g/mol. The van der Waals surface area contributed by atoms with Gasteiger partial charge in [0.1, 0.15) is 6.07 Å². The number of hydrogen-bond acceptors (Lipinski definition) is 4. The number of ether oxygens (including phenoxy) is 1. The highest BCUT2D eigenvalue weighted by Gasteiger charge is 2.13. The van der Waals surface area contributed by atoms with Crippen molar-refractivity contribution in [3.8, 4) is 6.07 Å². The Bertz CT molecular complexity index is 579. The SMILES string of the molecule is CC(C)OCCS(=O)(=O)Nc1cc(Br)ccc1C#N. The van der Waals surface area contributed by atoms with E-state index < -0.39 is 10.0 Å². The van der Waals surface area contributed by atoms with Crippen LogP contribution in [0.15, 0.2) is 22.7 Å². The summed E-state index contributed by atoms with van der Waals surface area (Å²) in [6, 6.07) is 6.72. The van der Waals surface area contributed by atoms with Crippen LogP contribution >= 0.6 is 15.9 Å². The third kappa shape index (κ3) is 5.59. The van der Waals surface area contributed by atoms with Gasteiger partial charge in [0.05, 0.1) is 29.7 Å². The van der Waals surface area contributed by atoms with Crippen molar-refractivity contribution in [1.29, 1.82) is 5.26 Å². The third-order valence-corrected chi connectivity index (χ3v) is 3.90. The fraction of sp³-hybridized carbons (Fsp3) is 0.417. The molecule has 19 heavy (non-hydrogen) atoms. The summed E-state index contributed by atoms with van der Waals surface area (Å²) in [5.41, 5.74) is 0.540. The first-order valence-corrected chi connectivity index (χ1v) is 8.10. The van der Waals surface area contributed by atoms with Gasteiger partial charge in [-0.1, -0.05) is 15.9 Å². The van der Waals surface area contributed by atoms with Crippen LogP contribution in [-0.4, -0.2) is 26.9 Å². The summed E-state index contributed by atoms with van der Waals surface area (Å²) in [4.78, 5) is 0. The maximum absolute atomic E-state index is 11.8. The Labute approximate surface area is 121 Å². The Morgan fingerprint density at radius 1 is 1.47 bits per heavy atom. The molecule has 0 amide bonds. The minimum absolute atomic E-state index is 0.0178. The van der Waals surface area contributed by atoms with Gasteiger partial charge in [-0.25, -0.2) is 8.42 Å². The normalized spacial score (nSPS) is 11.3. The lowest BCUT2D eigenvalue weighted by Crippen LogP contribution is -2.22. The van der Waals surface area contributed by atoms with E-state index in [0.29, 0.717) is 4.47 Å². The molecule has 0 radical (unpaired) electrons. The predicted molar refractivity (Wildman–Crippen MR) is 77.4 cm³/mol. The molecular weight excluding hydrogens is 332 g/mol. The summed E-state index contributed by atoms with van der Waals surface area (Å²) in [5, 5.41) is 8.93. The average Bonchev–Trinajstić information content (AvgIpc) is 2.27. The molecule has 0 aliphatic heterocycles. The van der Waals surface area contributed by atoms with Crippen LogP contribution in [0.1, 0.15) is 19.4 Å². The molecule has 0 unspecified atom stereocenters. The second-order valence-electron chi connectivity index (χ2n) is 4.14. The van der Waals surface area contributed by atoms with E-state index in [4.69, 9.17) is 10.00 Å². The van der Waals surface area contributed by atoms with Crippen molar-refractivity contribution in [3.05, 3.63) is 28.2 Å². The Morgan fingerprint density at radius 2 is 2.16 bits per heavy atom. The first-order valence-electron chi connectivity index (χ1n) is 5.66. The summed E-state index contributed by atoms with van der Waals surface area (Å²) in [6.07, 6.45) is -0.0178. The van der Waals surface area contributed by atoms with Gasteiger partial charge in [0.15, 0.2) is 0 Å². The molecule has 1 rings (SSSR count). The van der Waals surface area contributed by atoms with E-state index >= 15 is 0 Å². The lowest BCUT2D eigenvalue weighted by atomic mass is 10.2. The van der Waals surface area contributed by atoms with E-state index in [0.717, 1.165) is 0 Å². The van der Waals surface area contributed by atoms with Crippen molar-refractivity contribution in [2.75, 3.05) is 17.1 Å². The molecule has 0 aliphatic rings. The Hall–Kier alpha value is -1.10. The molecule has 7 heteroatoms. The van der Waals surface area contributed by atoms with Crippen LogP contribution in [-0.2, 0) is 14.8 Å². The zero-order valence-electron chi connectivity index (χ0n) is 10.7. The number of halogens is 1. The molecule has 0 aromatic heterocycles. The van der Waals surface area contributed by atoms with Crippen LogP contribution in [0.4, 0.5) is 5.69 Å². The van der Waals surface area contributed by atoms with E-state index in [9.17, 15) is 8.42 Å². The molecular formula is C12H15BrN2O3S. The number of rotatable bonds is 6. The molecule has 0 spiro atoms. The second-order valence-corrected chi connectivity index (χ2v) is 6.90. The standard InChI is InChI=1S/C12H15BrN2O3S/c1-9(2)18-5-6-19(16,17)15-12-7-11(13)4-3-10(12)8-14/h3-4,7,9,15H,5-6H2,1-2H3. The summed E-state index contributed by atoms with van der Waals surface area (Å²) in [7, 11) is -3.53. The molecule has 5 nitrogen and oxygen atoms in total. The Morgan fingerprint density at radius 3 is 2.74 bits per heavy atom.